The van der Waals surface area contributed by atoms with Crippen molar-refractivity contribution in [3.63, 3.8) is 0 Å². The molecule has 1 aromatic rings. The number of carboxylic acid groups (broad SMARTS) is 1. The van der Waals surface area contributed by atoms with Crippen LogP contribution in [-0.2, 0) is 11.3 Å². The fraction of sp³-hybridized carbons (Fsp3) is 0.562. The second-order valence-corrected chi connectivity index (χ2v) is 5.50. The topological polar surface area (TPSA) is 49.8 Å². The molecule has 1 heterocycles. The van der Waals surface area contributed by atoms with Crippen molar-refractivity contribution in [2.45, 2.75) is 44.9 Å². The summed E-state index contributed by atoms with van der Waals surface area (Å²) in [7, 11) is 2.13. The Hall–Kier alpha value is -1.39. The minimum atomic E-state index is -0.875. The molecule has 20 heavy (non-hydrogen) atoms. The van der Waals surface area contributed by atoms with Crippen molar-refractivity contribution in [2.75, 3.05) is 13.7 Å². The first-order valence-corrected chi connectivity index (χ1v) is 7.24. The molecule has 4 heteroatoms. The van der Waals surface area contributed by atoms with Crippen LogP contribution in [0.4, 0.5) is 0 Å². The largest absolute Gasteiger partial charge is 0.478 e. The van der Waals surface area contributed by atoms with E-state index in [9.17, 15) is 4.79 Å². The minimum absolute atomic E-state index is 0.341. The minimum Gasteiger partial charge on any atom is -0.478 e. The van der Waals surface area contributed by atoms with E-state index in [0.29, 0.717) is 17.7 Å². The standard InChI is InChI=1S/C16H23NO3/c1-3-15-10-14(8-9-20-15)17(2)11-12-4-6-13(7-5-12)16(18)19/h4-7,14-15H,3,8-11H2,1-2H3,(H,18,19). The maximum absolute atomic E-state index is 10.8. The van der Waals surface area contributed by atoms with Gasteiger partial charge in [-0.2, -0.15) is 0 Å². The number of hydrogen-bond donors (Lipinski definition) is 1. The van der Waals surface area contributed by atoms with Crippen LogP contribution in [0.3, 0.4) is 0 Å². The van der Waals surface area contributed by atoms with E-state index >= 15 is 0 Å². The molecule has 0 aromatic heterocycles. The molecule has 2 rings (SSSR count). The highest BCUT2D eigenvalue weighted by Gasteiger charge is 2.24. The summed E-state index contributed by atoms with van der Waals surface area (Å²) in [6, 6.07) is 7.69. The lowest BCUT2D eigenvalue weighted by Gasteiger charge is -2.35. The summed E-state index contributed by atoms with van der Waals surface area (Å²) < 4.78 is 5.71. The Morgan fingerprint density at radius 2 is 2.10 bits per heavy atom. The number of carboxylic acids is 1. The van der Waals surface area contributed by atoms with Crippen molar-refractivity contribution in [3.05, 3.63) is 35.4 Å². The van der Waals surface area contributed by atoms with Crippen molar-refractivity contribution in [1.29, 1.82) is 0 Å². The zero-order valence-corrected chi connectivity index (χ0v) is 12.2. The van der Waals surface area contributed by atoms with E-state index in [0.717, 1.165) is 38.0 Å². The molecule has 1 aliphatic heterocycles. The van der Waals surface area contributed by atoms with Gasteiger partial charge in [-0.25, -0.2) is 4.79 Å². The van der Waals surface area contributed by atoms with Crippen molar-refractivity contribution in [2.24, 2.45) is 0 Å². The van der Waals surface area contributed by atoms with Crippen LogP contribution in [0.5, 0.6) is 0 Å². The Morgan fingerprint density at radius 1 is 1.40 bits per heavy atom. The highest BCUT2D eigenvalue weighted by molar-refractivity contribution is 5.87. The molecule has 1 fully saturated rings. The third-order valence-corrected chi connectivity index (χ3v) is 4.05. The molecule has 0 bridgehead atoms. The Kier molecular flexibility index (Phi) is 5.15. The summed E-state index contributed by atoms with van der Waals surface area (Å²) in [6.45, 7) is 3.85. The number of hydrogen-bond acceptors (Lipinski definition) is 3. The molecular formula is C16H23NO3. The van der Waals surface area contributed by atoms with Crippen molar-refractivity contribution >= 4 is 5.97 Å². The quantitative estimate of drug-likeness (QED) is 0.899. The molecular weight excluding hydrogens is 254 g/mol. The van der Waals surface area contributed by atoms with Gasteiger partial charge in [0.1, 0.15) is 0 Å². The first kappa shape index (κ1) is 15.0. The molecule has 1 saturated heterocycles. The van der Waals surface area contributed by atoms with Gasteiger partial charge in [0.05, 0.1) is 11.7 Å². The van der Waals surface area contributed by atoms with Gasteiger partial charge in [-0.1, -0.05) is 19.1 Å². The van der Waals surface area contributed by atoms with Crippen molar-refractivity contribution in [1.82, 2.24) is 4.90 Å². The zero-order valence-electron chi connectivity index (χ0n) is 12.2. The molecule has 2 atom stereocenters. The molecule has 0 amide bonds. The number of ether oxygens (including phenoxy) is 1. The smallest absolute Gasteiger partial charge is 0.335 e. The van der Waals surface area contributed by atoms with E-state index in [2.05, 4.69) is 18.9 Å². The van der Waals surface area contributed by atoms with Gasteiger partial charge in [-0.15, -0.1) is 0 Å². The summed E-state index contributed by atoms with van der Waals surface area (Å²) in [4.78, 5) is 13.2. The molecule has 0 spiro atoms. The molecule has 1 N–H and O–H groups in total. The number of aromatic carboxylic acids is 1. The van der Waals surface area contributed by atoms with E-state index < -0.39 is 5.97 Å². The lowest BCUT2D eigenvalue weighted by Crippen LogP contribution is -2.39. The predicted octanol–water partition coefficient (Wildman–Crippen LogP) is 2.77. The van der Waals surface area contributed by atoms with Crippen LogP contribution in [0.15, 0.2) is 24.3 Å². The van der Waals surface area contributed by atoms with Crippen LogP contribution in [0.1, 0.15) is 42.1 Å². The first-order chi connectivity index (χ1) is 9.60. The second-order valence-electron chi connectivity index (χ2n) is 5.50. The van der Waals surface area contributed by atoms with Gasteiger partial charge in [0.25, 0.3) is 0 Å². The Morgan fingerprint density at radius 3 is 2.70 bits per heavy atom. The lowest BCUT2D eigenvalue weighted by molar-refractivity contribution is -0.0246. The molecule has 0 aliphatic carbocycles. The monoisotopic (exact) mass is 277 g/mol. The van der Waals surface area contributed by atoms with E-state index in [4.69, 9.17) is 9.84 Å². The lowest BCUT2D eigenvalue weighted by atomic mass is 10.00. The highest BCUT2D eigenvalue weighted by atomic mass is 16.5. The number of carbonyl (C=O) groups is 1. The fourth-order valence-corrected chi connectivity index (χ4v) is 2.71. The normalized spacial score (nSPS) is 22.9. The molecule has 1 aromatic carbocycles. The van der Waals surface area contributed by atoms with Crippen molar-refractivity contribution in [3.8, 4) is 0 Å². The molecule has 1 aliphatic rings. The van der Waals surface area contributed by atoms with Crippen LogP contribution in [0.25, 0.3) is 0 Å². The molecule has 2 unspecified atom stereocenters. The third-order valence-electron chi connectivity index (χ3n) is 4.05. The van der Waals surface area contributed by atoms with Gasteiger partial charge in [0.15, 0.2) is 0 Å². The van der Waals surface area contributed by atoms with Crippen LogP contribution in [-0.4, -0.2) is 41.8 Å². The first-order valence-electron chi connectivity index (χ1n) is 7.24. The molecule has 0 saturated carbocycles. The summed E-state index contributed by atoms with van der Waals surface area (Å²) in [5.74, 6) is -0.875. The summed E-state index contributed by atoms with van der Waals surface area (Å²) in [5.41, 5.74) is 1.49. The van der Waals surface area contributed by atoms with E-state index in [-0.39, 0.29) is 0 Å². The summed E-state index contributed by atoms with van der Waals surface area (Å²) in [5, 5.41) is 8.89. The van der Waals surface area contributed by atoms with Crippen LogP contribution in [0, 0.1) is 0 Å². The predicted molar refractivity (Wildman–Crippen MR) is 77.9 cm³/mol. The van der Waals surface area contributed by atoms with Gasteiger partial charge in [-0.3, -0.25) is 4.90 Å². The van der Waals surface area contributed by atoms with Crippen LogP contribution < -0.4 is 0 Å². The van der Waals surface area contributed by atoms with Crippen molar-refractivity contribution < 1.29 is 14.6 Å². The Labute approximate surface area is 120 Å². The van der Waals surface area contributed by atoms with Gasteiger partial charge in [-0.05, 0) is 44.0 Å². The highest BCUT2D eigenvalue weighted by Crippen LogP contribution is 2.21. The van der Waals surface area contributed by atoms with Gasteiger partial charge in [0, 0.05) is 19.2 Å². The van der Waals surface area contributed by atoms with Crippen LogP contribution in [0.2, 0.25) is 0 Å². The van der Waals surface area contributed by atoms with E-state index in [1.807, 2.05) is 12.1 Å². The van der Waals surface area contributed by atoms with E-state index in [1.165, 1.54) is 0 Å². The van der Waals surface area contributed by atoms with Gasteiger partial charge >= 0.3 is 5.97 Å². The number of rotatable bonds is 5. The molecule has 0 radical (unpaired) electrons. The Balaban J connectivity index is 1.93. The second kappa shape index (κ2) is 6.86. The average molecular weight is 277 g/mol. The summed E-state index contributed by atoms with van der Waals surface area (Å²) in [6.07, 6.45) is 3.60. The Bertz CT molecular complexity index is 444. The average Bonchev–Trinajstić information content (AvgIpc) is 2.47. The zero-order chi connectivity index (χ0) is 14.5. The van der Waals surface area contributed by atoms with E-state index in [1.54, 1.807) is 12.1 Å². The maximum atomic E-state index is 10.8. The van der Waals surface area contributed by atoms with Gasteiger partial charge in [0.2, 0.25) is 0 Å². The fourth-order valence-electron chi connectivity index (χ4n) is 2.71. The molecule has 110 valence electrons. The number of nitrogens with zero attached hydrogens (tertiary/aromatic N) is 1. The SMILES string of the molecule is CCC1CC(N(C)Cc2ccc(C(=O)O)cc2)CCO1. The summed E-state index contributed by atoms with van der Waals surface area (Å²) >= 11 is 0. The number of benzene rings is 1. The maximum Gasteiger partial charge on any atom is 0.335 e. The third kappa shape index (κ3) is 3.81. The molecule has 4 nitrogen and oxygen atoms in total. The van der Waals surface area contributed by atoms with Crippen LogP contribution >= 0.6 is 0 Å². The van der Waals surface area contributed by atoms with Gasteiger partial charge < -0.3 is 9.84 Å².